The molecule has 4 heterocycles. The van der Waals surface area contributed by atoms with Crippen molar-refractivity contribution in [1.82, 2.24) is 14.6 Å². The van der Waals surface area contributed by atoms with Crippen LogP contribution in [0, 0.1) is 11.3 Å². The third-order valence-corrected chi connectivity index (χ3v) is 4.13. The summed E-state index contributed by atoms with van der Waals surface area (Å²) in [5.74, 6) is 0.942. The molecular formula is C17H15N5O2. The second kappa shape index (κ2) is 5.83. The molecule has 24 heavy (non-hydrogen) atoms. The third-order valence-electron chi connectivity index (χ3n) is 4.13. The van der Waals surface area contributed by atoms with E-state index >= 15 is 0 Å². The Morgan fingerprint density at radius 3 is 2.71 bits per heavy atom. The minimum absolute atomic E-state index is 0.0267. The summed E-state index contributed by atoms with van der Waals surface area (Å²) < 4.78 is 6.86. The number of fused-ring (bicyclic) bond motifs is 1. The highest BCUT2D eigenvalue weighted by Crippen LogP contribution is 2.29. The van der Waals surface area contributed by atoms with Crippen molar-refractivity contribution in [1.29, 1.82) is 5.26 Å². The molecule has 7 nitrogen and oxygen atoms in total. The van der Waals surface area contributed by atoms with E-state index in [0.717, 1.165) is 30.0 Å². The van der Waals surface area contributed by atoms with Crippen molar-refractivity contribution < 1.29 is 9.84 Å². The summed E-state index contributed by atoms with van der Waals surface area (Å²) >= 11 is 0. The second-order valence-electron chi connectivity index (χ2n) is 5.58. The van der Waals surface area contributed by atoms with E-state index in [9.17, 15) is 5.11 Å². The molecule has 0 unspecified atom stereocenters. The number of ether oxygens (including phenoxy) is 1. The number of aromatic nitrogens is 3. The van der Waals surface area contributed by atoms with Gasteiger partial charge in [0.15, 0.2) is 0 Å². The van der Waals surface area contributed by atoms with Gasteiger partial charge in [0.05, 0.1) is 19.4 Å². The summed E-state index contributed by atoms with van der Waals surface area (Å²) in [4.78, 5) is 6.70. The molecule has 0 aromatic carbocycles. The van der Waals surface area contributed by atoms with Crippen LogP contribution in [-0.4, -0.2) is 46.0 Å². The first-order valence-electron chi connectivity index (χ1n) is 7.66. The van der Waals surface area contributed by atoms with Crippen LogP contribution in [0.4, 0.5) is 5.82 Å². The predicted molar refractivity (Wildman–Crippen MR) is 87.8 cm³/mol. The van der Waals surface area contributed by atoms with Crippen LogP contribution in [0.1, 0.15) is 5.56 Å². The van der Waals surface area contributed by atoms with Crippen molar-refractivity contribution in [2.45, 2.75) is 0 Å². The van der Waals surface area contributed by atoms with Crippen LogP contribution < -0.4 is 4.90 Å². The molecule has 0 amide bonds. The molecule has 7 heteroatoms. The molecule has 1 aliphatic heterocycles. The standard InChI is InChI=1S/C17H15N5O2/c18-8-14-10-20-22-11-13(7-15(23)17(14)22)12-1-2-16(19-9-12)21-3-5-24-6-4-21/h1-2,7,9-11,23H,3-6H2. The Hall–Kier alpha value is -3.11. The fourth-order valence-electron chi connectivity index (χ4n) is 2.88. The Labute approximate surface area is 138 Å². The predicted octanol–water partition coefficient (Wildman–Crippen LogP) is 1.81. The van der Waals surface area contributed by atoms with Crippen molar-refractivity contribution in [2.75, 3.05) is 31.2 Å². The van der Waals surface area contributed by atoms with Gasteiger partial charge in [0.25, 0.3) is 0 Å². The van der Waals surface area contributed by atoms with E-state index in [2.05, 4.69) is 15.0 Å². The Balaban J connectivity index is 1.68. The van der Waals surface area contributed by atoms with Gasteiger partial charge in [-0.25, -0.2) is 9.50 Å². The average Bonchev–Trinajstić information content (AvgIpc) is 3.06. The Kier molecular flexibility index (Phi) is 3.52. The van der Waals surface area contributed by atoms with Crippen molar-refractivity contribution in [3.63, 3.8) is 0 Å². The first-order valence-corrected chi connectivity index (χ1v) is 7.66. The minimum Gasteiger partial charge on any atom is -0.506 e. The molecule has 0 aliphatic carbocycles. The third kappa shape index (κ3) is 2.43. The maximum absolute atomic E-state index is 10.2. The lowest BCUT2D eigenvalue weighted by molar-refractivity contribution is 0.122. The van der Waals surface area contributed by atoms with Gasteiger partial charge >= 0.3 is 0 Å². The lowest BCUT2D eigenvalue weighted by Crippen LogP contribution is -2.36. The smallest absolute Gasteiger partial charge is 0.143 e. The number of anilines is 1. The Morgan fingerprint density at radius 2 is 2.00 bits per heavy atom. The van der Waals surface area contributed by atoms with Crippen molar-refractivity contribution in [3.05, 3.63) is 42.4 Å². The van der Waals surface area contributed by atoms with Gasteiger partial charge in [-0.1, -0.05) is 0 Å². The summed E-state index contributed by atoms with van der Waals surface area (Å²) in [6, 6.07) is 7.58. The van der Waals surface area contributed by atoms with E-state index in [1.807, 2.05) is 18.2 Å². The van der Waals surface area contributed by atoms with Gasteiger partial charge in [-0.15, -0.1) is 0 Å². The fourth-order valence-corrected chi connectivity index (χ4v) is 2.88. The number of hydrogen-bond donors (Lipinski definition) is 1. The van der Waals surface area contributed by atoms with Gasteiger partial charge in [0, 0.05) is 36.6 Å². The molecule has 1 saturated heterocycles. The van der Waals surface area contributed by atoms with Crippen LogP contribution in [-0.2, 0) is 4.74 Å². The molecule has 3 aromatic rings. The van der Waals surface area contributed by atoms with Gasteiger partial charge < -0.3 is 14.7 Å². The van der Waals surface area contributed by atoms with Gasteiger partial charge in [0.2, 0.25) is 0 Å². The molecule has 1 fully saturated rings. The molecule has 3 aromatic heterocycles. The molecular weight excluding hydrogens is 306 g/mol. The summed E-state index contributed by atoms with van der Waals surface area (Å²) in [6.45, 7) is 3.11. The van der Waals surface area contributed by atoms with Crippen LogP contribution in [0.2, 0.25) is 0 Å². The van der Waals surface area contributed by atoms with Gasteiger partial charge in [0.1, 0.15) is 28.7 Å². The molecule has 1 N–H and O–H groups in total. The molecule has 0 radical (unpaired) electrons. The molecule has 0 saturated carbocycles. The number of morpholine rings is 1. The first kappa shape index (κ1) is 14.5. The summed E-state index contributed by atoms with van der Waals surface area (Å²) in [6.07, 6.45) is 5.00. The van der Waals surface area contributed by atoms with Crippen molar-refractivity contribution in [2.24, 2.45) is 0 Å². The number of nitriles is 1. The lowest BCUT2D eigenvalue weighted by atomic mass is 10.1. The number of hydrogen-bond acceptors (Lipinski definition) is 6. The normalized spacial score (nSPS) is 14.7. The maximum atomic E-state index is 10.2. The second-order valence-corrected chi connectivity index (χ2v) is 5.58. The van der Waals surface area contributed by atoms with Gasteiger partial charge in [-0.3, -0.25) is 0 Å². The molecule has 0 spiro atoms. The van der Waals surface area contributed by atoms with Crippen LogP contribution in [0.25, 0.3) is 16.6 Å². The van der Waals surface area contributed by atoms with Crippen LogP contribution in [0.3, 0.4) is 0 Å². The largest absolute Gasteiger partial charge is 0.506 e. The van der Waals surface area contributed by atoms with E-state index < -0.39 is 0 Å². The van der Waals surface area contributed by atoms with Gasteiger partial charge in [-0.2, -0.15) is 10.4 Å². The maximum Gasteiger partial charge on any atom is 0.143 e. The van der Waals surface area contributed by atoms with Crippen LogP contribution in [0.5, 0.6) is 5.75 Å². The zero-order valence-electron chi connectivity index (χ0n) is 12.9. The number of pyridine rings is 2. The molecule has 4 rings (SSSR count). The van der Waals surface area contributed by atoms with E-state index in [-0.39, 0.29) is 5.75 Å². The summed E-state index contributed by atoms with van der Waals surface area (Å²) in [5.41, 5.74) is 2.42. The monoisotopic (exact) mass is 321 g/mol. The zero-order chi connectivity index (χ0) is 16.5. The first-order chi connectivity index (χ1) is 11.8. The highest BCUT2D eigenvalue weighted by Gasteiger charge is 2.14. The van der Waals surface area contributed by atoms with E-state index in [0.29, 0.717) is 24.3 Å². The zero-order valence-corrected chi connectivity index (χ0v) is 12.9. The molecule has 0 bridgehead atoms. The molecule has 120 valence electrons. The quantitative estimate of drug-likeness (QED) is 0.774. The Morgan fingerprint density at radius 1 is 1.17 bits per heavy atom. The fraction of sp³-hybridized carbons (Fsp3) is 0.235. The van der Waals surface area contributed by atoms with Crippen LogP contribution in [0.15, 0.2) is 36.8 Å². The highest BCUT2D eigenvalue weighted by atomic mass is 16.5. The van der Waals surface area contributed by atoms with Gasteiger partial charge in [-0.05, 0) is 18.2 Å². The van der Waals surface area contributed by atoms with E-state index in [1.165, 1.54) is 10.7 Å². The Bertz CT molecular complexity index is 921. The van der Waals surface area contributed by atoms with Crippen molar-refractivity contribution in [3.8, 4) is 22.9 Å². The van der Waals surface area contributed by atoms with E-state index in [4.69, 9.17) is 10.00 Å². The topological polar surface area (TPSA) is 86.7 Å². The molecule has 0 atom stereocenters. The van der Waals surface area contributed by atoms with Crippen molar-refractivity contribution >= 4 is 11.3 Å². The number of rotatable bonds is 2. The van der Waals surface area contributed by atoms with E-state index in [1.54, 1.807) is 18.5 Å². The average molecular weight is 321 g/mol. The molecule has 1 aliphatic rings. The number of nitrogens with zero attached hydrogens (tertiary/aromatic N) is 5. The summed E-state index contributed by atoms with van der Waals surface area (Å²) in [7, 11) is 0. The van der Waals surface area contributed by atoms with Crippen LogP contribution >= 0.6 is 0 Å². The lowest BCUT2D eigenvalue weighted by Gasteiger charge is -2.27. The summed E-state index contributed by atoms with van der Waals surface area (Å²) in [5, 5.41) is 23.4. The number of aromatic hydroxyl groups is 1. The SMILES string of the molecule is N#Cc1cnn2cc(-c3ccc(N4CCOCC4)nc3)cc(O)c12. The highest BCUT2D eigenvalue weighted by molar-refractivity contribution is 5.74. The minimum atomic E-state index is 0.0267.